The molecule has 0 saturated carbocycles. The van der Waals surface area contributed by atoms with Crippen LogP contribution < -0.4 is 9.80 Å². The summed E-state index contributed by atoms with van der Waals surface area (Å²) in [6.45, 7) is 7.09. The van der Waals surface area contributed by atoms with Gasteiger partial charge in [-0.05, 0) is 49.9 Å². The Balaban J connectivity index is 1.96. The first-order valence-electron chi connectivity index (χ1n) is 9.90. The van der Waals surface area contributed by atoms with Crippen LogP contribution in [0, 0.1) is 0 Å². The quantitative estimate of drug-likeness (QED) is 0.711. The monoisotopic (exact) mass is 359 g/mol. The van der Waals surface area contributed by atoms with Crippen LogP contribution in [0.3, 0.4) is 0 Å². The number of amides is 2. The highest BCUT2D eigenvalue weighted by molar-refractivity contribution is 5.92. The number of hydrogen-bond donors (Lipinski definition) is 0. The second-order valence-electron chi connectivity index (χ2n) is 7.15. The first-order chi connectivity index (χ1) is 12.5. The number of carbonyl (C=O) groups excluding carboxylic acids is 2. The molecule has 2 amide bonds. The van der Waals surface area contributed by atoms with Crippen LogP contribution in [0.15, 0.2) is 24.3 Å². The highest BCUT2D eigenvalue weighted by Crippen LogP contribution is 2.24. The third-order valence-corrected chi connectivity index (χ3v) is 5.08. The van der Waals surface area contributed by atoms with E-state index in [1.54, 1.807) is 16.7 Å². The summed E-state index contributed by atoms with van der Waals surface area (Å²) in [4.78, 5) is 30.2. The Kier molecular flexibility index (Phi) is 7.95. The first-order valence-corrected chi connectivity index (χ1v) is 9.90. The number of benzene rings is 1. The molecule has 144 valence electrons. The van der Waals surface area contributed by atoms with E-state index < -0.39 is 0 Å². The van der Waals surface area contributed by atoms with E-state index >= 15 is 0 Å². The fourth-order valence-electron chi connectivity index (χ4n) is 3.38. The minimum absolute atomic E-state index is 0.0280. The standard InChI is InChI=1S/C21H33N3O2/c1-4-5-14-22(3)21(26)13-17-24(18(2)25)20-11-9-19(10-12-20)23-15-7-6-8-16-23/h9-12H,4-8,13-17H2,1-3H3. The molecule has 0 unspecified atom stereocenters. The Morgan fingerprint density at radius 2 is 1.69 bits per heavy atom. The van der Waals surface area contributed by atoms with Gasteiger partial charge in [0.2, 0.25) is 11.8 Å². The summed E-state index contributed by atoms with van der Waals surface area (Å²) >= 11 is 0. The molecular weight excluding hydrogens is 326 g/mol. The van der Waals surface area contributed by atoms with Gasteiger partial charge in [0.15, 0.2) is 0 Å². The topological polar surface area (TPSA) is 43.9 Å². The molecule has 0 spiro atoms. The summed E-state index contributed by atoms with van der Waals surface area (Å²) in [6.07, 6.45) is 6.24. The maximum atomic E-state index is 12.2. The minimum atomic E-state index is -0.0280. The maximum absolute atomic E-state index is 12.2. The summed E-state index contributed by atoms with van der Waals surface area (Å²) in [7, 11) is 1.84. The smallest absolute Gasteiger partial charge is 0.224 e. The fourth-order valence-corrected chi connectivity index (χ4v) is 3.38. The van der Waals surface area contributed by atoms with Crippen LogP contribution in [-0.2, 0) is 9.59 Å². The molecule has 0 bridgehead atoms. The van der Waals surface area contributed by atoms with E-state index in [4.69, 9.17) is 0 Å². The van der Waals surface area contributed by atoms with Crippen molar-refractivity contribution in [3.05, 3.63) is 24.3 Å². The molecule has 0 atom stereocenters. The highest BCUT2D eigenvalue weighted by atomic mass is 16.2. The van der Waals surface area contributed by atoms with Gasteiger partial charge in [0.05, 0.1) is 0 Å². The van der Waals surface area contributed by atoms with Crippen LogP contribution in [0.2, 0.25) is 0 Å². The molecule has 1 aromatic carbocycles. The fraction of sp³-hybridized carbons (Fsp3) is 0.619. The van der Waals surface area contributed by atoms with E-state index in [2.05, 4.69) is 24.0 Å². The summed E-state index contributed by atoms with van der Waals surface area (Å²) < 4.78 is 0. The zero-order valence-electron chi connectivity index (χ0n) is 16.5. The van der Waals surface area contributed by atoms with E-state index in [0.717, 1.165) is 38.2 Å². The summed E-state index contributed by atoms with van der Waals surface area (Å²) in [5, 5.41) is 0. The van der Waals surface area contributed by atoms with E-state index in [-0.39, 0.29) is 11.8 Å². The molecule has 1 aromatic rings. The van der Waals surface area contributed by atoms with Crippen molar-refractivity contribution in [2.75, 3.05) is 43.0 Å². The molecule has 26 heavy (non-hydrogen) atoms. The number of hydrogen-bond acceptors (Lipinski definition) is 3. The van der Waals surface area contributed by atoms with Crippen molar-refractivity contribution in [2.24, 2.45) is 0 Å². The third-order valence-electron chi connectivity index (χ3n) is 5.08. The molecule has 0 N–H and O–H groups in total. The Morgan fingerprint density at radius 3 is 2.27 bits per heavy atom. The summed E-state index contributed by atoms with van der Waals surface area (Å²) in [5.41, 5.74) is 2.08. The molecular formula is C21H33N3O2. The molecule has 0 aromatic heterocycles. The normalized spacial score (nSPS) is 14.2. The van der Waals surface area contributed by atoms with Crippen LogP contribution in [0.25, 0.3) is 0 Å². The molecule has 1 fully saturated rings. The number of carbonyl (C=O) groups is 2. The molecule has 1 saturated heterocycles. The van der Waals surface area contributed by atoms with Gasteiger partial charge in [-0.15, -0.1) is 0 Å². The lowest BCUT2D eigenvalue weighted by molar-refractivity contribution is -0.129. The van der Waals surface area contributed by atoms with Gasteiger partial charge in [0.25, 0.3) is 0 Å². The van der Waals surface area contributed by atoms with Crippen LogP contribution in [0.4, 0.5) is 11.4 Å². The number of piperidine rings is 1. The highest BCUT2D eigenvalue weighted by Gasteiger charge is 2.16. The van der Waals surface area contributed by atoms with E-state index in [1.807, 2.05) is 19.2 Å². The van der Waals surface area contributed by atoms with Gasteiger partial charge in [-0.25, -0.2) is 0 Å². The summed E-state index contributed by atoms with van der Waals surface area (Å²) in [5.74, 6) is 0.0642. The average molecular weight is 360 g/mol. The predicted molar refractivity (Wildman–Crippen MR) is 108 cm³/mol. The molecule has 5 nitrogen and oxygen atoms in total. The van der Waals surface area contributed by atoms with Gasteiger partial charge in [-0.1, -0.05) is 13.3 Å². The Labute approximate surface area is 158 Å². The van der Waals surface area contributed by atoms with Gasteiger partial charge in [0, 0.05) is 57.9 Å². The van der Waals surface area contributed by atoms with Crippen LogP contribution in [0.1, 0.15) is 52.4 Å². The van der Waals surface area contributed by atoms with Crippen molar-refractivity contribution in [1.82, 2.24) is 4.90 Å². The van der Waals surface area contributed by atoms with Crippen molar-refractivity contribution in [3.8, 4) is 0 Å². The lowest BCUT2D eigenvalue weighted by Crippen LogP contribution is -2.35. The van der Waals surface area contributed by atoms with Crippen molar-refractivity contribution < 1.29 is 9.59 Å². The molecule has 2 rings (SSSR count). The second kappa shape index (κ2) is 10.2. The molecule has 5 heteroatoms. The molecule has 1 aliphatic rings. The van der Waals surface area contributed by atoms with Crippen molar-refractivity contribution in [1.29, 1.82) is 0 Å². The van der Waals surface area contributed by atoms with Crippen LogP contribution in [0.5, 0.6) is 0 Å². The summed E-state index contributed by atoms with van der Waals surface area (Å²) in [6, 6.07) is 8.17. The van der Waals surface area contributed by atoms with E-state index in [0.29, 0.717) is 13.0 Å². The SMILES string of the molecule is CCCCN(C)C(=O)CCN(C(C)=O)c1ccc(N2CCCCC2)cc1. The second-order valence-corrected chi connectivity index (χ2v) is 7.15. The largest absolute Gasteiger partial charge is 0.372 e. The van der Waals surface area contributed by atoms with Crippen LogP contribution >= 0.6 is 0 Å². The molecule has 0 aliphatic carbocycles. The van der Waals surface area contributed by atoms with Crippen molar-refractivity contribution in [3.63, 3.8) is 0 Å². The van der Waals surface area contributed by atoms with Gasteiger partial charge < -0.3 is 14.7 Å². The zero-order valence-corrected chi connectivity index (χ0v) is 16.5. The maximum Gasteiger partial charge on any atom is 0.224 e. The van der Waals surface area contributed by atoms with E-state index in [1.165, 1.54) is 24.9 Å². The van der Waals surface area contributed by atoms with Crippen molar-refractivity contribution in [2.45, 2.75) is 52.4 Å². The third kappa shape index (κ3) is 5.75. The number of unbranched alkanes of at least 4 members (excludes halogenated alkanes) is 1. The minimum Gasteiger partial charge on any atom is -0.372 e. The number of anilines is 2. The lowest BCUT2D eigenvalue weighted by Gasteiger charge is -2.29. The Hall–Kier alpha value is -2.04. The Morgan fingerprint density at radius 1 is 1.04 bits per heavy atom. The van der Waals surface area contributed by atoms with Gasteiger partial charge >= 0.3 is 0 Å². The number of rotatable bonds is 8. The van der Waals surface area contributed by atoms with E-state index in [9.17, 15) is 9.59 Å². The zero-order chi connectivity index (χ0) is 18.9. The van der Waals surface area contributed by atoms with Crippen LogP contribution in [-0.4, -0.2) is 49.9 Å². The van der Waals surface area contributed by atoms with Gasteiger partial charge in [-0.3, -0.25) is 9.59 Å². The lowest BCUT2D eigenvalue weighted by atomic mass is 10.1. The molecule has 1 heterocycles. The van der Waals surface area contributed by atoms with Crippen molar-refractivity contribution >= 4 is 23.2 Å². The van der Waals surface area contributed by atoms with Gasteiger partial charge in [0.1, 0.15) is 0 Å². The van der Waals surface area contributed by atoms with Gasteiger partial charge in [-0.2, -0.15) is 0 Å². The first kappa shape index (κ1) is 20.3. The average Bonchev–Trinajstić information content (AvgIpc) is 2.67. The number of nitrogens with zero attached hydrogens (tertiary/aromatic N) is 3. The Bertz CT molecular complexity index is 579. The molecule has 1 aliphatic heterocycles. The predicted octanol–water partition coefficient (Wildman–Crippen LogP) is 3.68. The molecule has 0 radical (unpaired) electrons.